The minimum absolute atomic E-state index is 0.0707. The summed E-state index contributed by atoms with van der Waals surface area (Å²) in [5.41, 5.74) is 5.58. The number of rotatable bonds is 28. The fourth-order valence-electron chi connectivity index (χ4n) is 10.8. The first-order valence-electron chi connectivity index (χ1n) is 30.2. The largest absolute Gasteiger partial charge is 0.400 e. The van der Waals surface area contributed by atoms with E-state index in [9.17, 15) is 16.8 Å². The molecule has 4 aliphatic heterocycles. The van der Waals surface area contributed by atoms with Crippen LogP contribution in [0.2, 0.25) is 0 Å². The van der Waals surface area contributed by atoms with Crippen LogP contribution in [-0.2, 0) is 143 Å². The monoisotopic (exact) mass is 1320 g/mol. The molecule has 0 spiro atoms. The molecule has 4 heterocycles. The third kappa shape index (κ3) is 18.5. The van der Waals surface area contributed by atoms with Crippen LogP contribution in [0.1, 0.15) is 61.1 Å². The molecule has 0 N–H and O–H groups in total. The van der Waals surface area contributed by atoms with Gasteiger partial charge in [0.05, 0.1) is 66.1 Å². The van der Waals surface area contributed by atoms with E-state index in [-0.39, 0.29) is 52.9 Å². The van der Waals surface area contributed by atoms with Gasteiger partial charge in [0.25, 0.3) is 0 Å². The molecule has 6 aromatic rings. The first kappa shape index (κ1) is 70.8. The standard InChI is InChI=1S/2C34H42O11S/c2*1-33(37-3)34(2,38-4)44-32(31-29(24-42-46(35,36)45-31)41-22-27-18-12-7-13-19-27)30(43-33)28(40-21-26-16-10-6-11-17-26)23-39-20-25-14-8-5-9-15-25/h2*5-19,28-32H,20-24H2,1-4H3/t2*28-,29-,30+,31-,32-,33-,34-/m11/s1. The predicted octanol–water partition coefficient (Wildman–Crippen LogP) is 9.09. The molecule has 0 radical (unpaired) electrons. The Morgan fingerprint density at radius 2 is 0.630 bits per heavy atom. The van der Waals surface area contributed by atoms with E-state index in [1.807, 2.05) is 182 Å². The van der Waals surface area contributed by atoms with Crippen molar-refractivity contribution in [1.29, 1.82) is 0 Å². The van der Waals surface area contributed by atoms with Gasteiger partial charge in [0, 0.05) is 28.4 Å². The predicted molar refractivity (Wildman–Crippen MR) is 333 cm³/mol. The molecule has 14 atom stereocenters. The normalized spacial score (nSPS) is 30.1. The molecule has 22 nitrogen and oxygen atoms in total. The second-order valence-corrected chi connectivity index (χ2v) is 25.3. The topological polar surface area (TPSA) is 234 Å². The first-order valence-corrected chi connectivity index (χ1v) is 32.9. The molecule has 0 aromatic heterocycles. The van der Waals surface area contributed by atoms with Gasteiger partial charge < -0.3 is 66.3 Å². The van der Waals surface area contributed by atoms with Crippen LogP contribution in [0.4, 0.5) is 0 Å². The molecule has 4 aliphatic rings. The molecule has 0 aliphatic carbocycles. The zero-order chi connectivity index (χ0) is 65.2. The maximum absolute atomic E-state index is 12.7. The van der Waals surface area contributed by atoms with Crippen molar-refractivity contribution in [3.05, 3.63) is 215 Å². The van der Waals surface area contributed by atoms with Crippen LogP contribution in [0, 0.1) is 0 Å². The van der Waals surface area contributed by atoms with E-state index < -0.39 is 105 Å². The highest BCUT2D eigenvalue weighted by molar-refractivity contribution is 7.82. The van der Waals surface area contributed by atoms with Gasteiger partial charge in [-0.2, -0.15) is 16.8 Å². The van der Waals surface area contributed by atoms with Crippen LogP contribution in [0.3, 0.4) is 0 Å². The summed E-state index contributed by atoms with van der Waals surface area (Å²) < 4.78 is 160. The molecule has 24 heteroatoms. The van der Waals surface area contributed by atoms with E-state index in [1.165, 1.54) is 28.4 Å². The third-order valence-electron chi connectivity index (χ3n) is 16.6. The number of hydrogen-bond donors (Lipinski definition) is 0. The Bertz CT molecular complexity index is 3140. The number of ether oxygens (including phenoxy) is 14. The van der Waals surface area contributed by atoms with Crippen LogP contribution < -0.4 is 0 Å². The molecule has 0 amide bonds. The maximum Gasteiger partial charge on any atom is 0.400 e. The zero-order valence-corrected chi connectivity index (χ0v) is 54.6. The Kier molecular flexibility index (Phi) is 25.2. The molecule has 92 heavy (non-hydrogen) atoms. The molecule has 4 fully saturated rings. The van der Waals surface area contributed by atoms with Gasteiger partial charge in [-0.05, 0) is 61.1 Å². The van der Waals surface area contributed by atoms with Gasteiger partial charge in [-0.25, -0.2) is 16.7 Å². The summed E-state index contributed by atoms with van der Waals surface area (Å²) in [5.74, 6) is -5.87. The van der Waals surface area contributed by atoms with Gasteiger partial charge in [-0.15, -0.1) is 0 Å². The van der Waals surface area contributed by atoms with E-state index in [0.29, 0.717) is 13.2 Å². The average Bonchev–Trinajstić information content (AvgIpc) is 0.769. The summed E-state index contributed by atoms with van der Waals surface area (Å²) in [5, 5.41) is 0. The fraction of sp³-hybridized carbons (Fsp3) is 0.471. The van der Waals surface area contributed by atoms with Crippen LogP contribution >= 0.6 is 0 Å². The summed E-state index contributed by atoms with van der Waals surface area (Å²) >= 11 is 0. The SMILES string of the molecule is CO[C@]1(C)O[C@@H]([C@@H]2OS(=O)(=O)OC[C@H]2OCc2ccccc2)[C@H]([C@@H](COCc2ccccc2)OCc2ccccc2)O[C@@]1(C)OC.CO[C@]1(C)O[C@@H]([C@@H]2OS(=O)(=O)OC[C@H]2OCc2ccccc2)[C@H]([C@@H](COCc2ccccc2)OCc2ccccc2)O[C@@]1(C)OC. The van der Waals surface area contributed by atoms with Crippen LogP contribution in [0.5, 0.6) is 0 Å². The van der Waals surface area contributed by atoms with Gasteiger partial charge in [0.2, 0.25) is 23.1 Å². The van der Waals surface area contributed by atoms with Crippen LogP contribution in [0.25, 0.3) is 0 Å². The Morgan fingerprint density at radius 3 is 0.913 bits per heavy atom. The van der Waals surface area contributed by atoms with Crippen molar-refractivity contribution in [2.24, 2.45) is 0 Å². The van der Waals surface area contributed by atoms with Crippen LogP contribution in [-0.4, -0.2) is 156 Å². The molecule has 0 saturated carbocycles. The second-order valence-electron chi connectivity index (χ2n) is 22.8. The van der Waals surface area contributed by atoms with Crippen molar-refractivity contribution in [2.45, 2.75) is 152 Å². The summed E-state index contributed by atoms with van der Waals surface area (Å²) in [7, 11) is -2.92. The third-order valence-corrected chi connectivity index (χ3v) is 18.4. The minimum Gasteiger partial charge on any atom is -0.374 e. The lowest BCUT2D eigenvalue weighted by atomic mass is 9.94. The average molecular weight is 1320 g/mol. The number of hydrogen-bond acceptors (Lipinski definition) is 22. The first-order chi connectivity index (χ1) is 44.3. The quantitative estimate of drug-likeness (QED) is 0.0445. The van der Waals surface area contributed by atoms with E-state index in [1.54, 1.807) is 27.7 Å². The Morgan fingerprint density at radius 1 is 0.370 bits per heavy atom. The van der Waals surface area contributed by atoms with Gasteiger partial charge in [-0.1, -0.05) is 182 Å². The van der Waals surface area contributed by atoms with Crippen molar-refractivity contribution in [3.63, 3.8) is 0 Å². The summed E-state index contributed by atoms with van der Waals surface area (Å²) in [6.45, 7) is 7.65. The second kappa shape index (κ2) is 32.8. The lowest BCUT2D eigenvalue weighted by molar-refractivity contribution is -0.463. The van der Waals surface area contributed by atoms with Crippen molar-refractivity contribution in [3.8, 4) is 0 Å². The molecule has 10 rings (SSSR count). The highest BCUT2D eigenvalue weighted by Crippen LogP contribution is 2.45. The molecular weight excluding hydrogens is 1230 g/mol. The Hall–Kier alpha value is -5.50. The highest BCUT2D eigenvalue weighted by atomic mass is 32.3. The zero-order valence-electron chi connectivity index (χ0n) is 53.0. The van der Waals surface area contributed by atoms with Gasteiger partial charge in [-0.3, -0.25) is 0 Å². The maximum atomic E-state index is 12.7. The van der Waals surface area contributed by atoms with Gasteiger partial charge >= 0.3 is 20.8 Å². The smallest absolute Gasteiger partial charge is 0.374 e. The van der Waals surface area contributed by atoms with E-state index in [0.717, 1.165) is 33.4 Å². The van der Waals surface area contributed by atoms with Crippen molar-refractivity contribution in [2.75, 3.05) is 54.9 Å². The molecule has 4 saturated heterocycles. The van der Waals surface area contributed by atoms with E-state index in [4.69, 9.17) is 83.0 Å². The summed E-state index contributed by atoms with van der Waals surface area (Å²) in [6.07, 6.45) is -9.88. The highest BCUT2D eigenvalue weighted by Gasteiger charge is 2.64. The minimum atomic E-state index is -4.39. The van der Waals surface area contributed by atoms with E-state index in [2.05, 4.69) is 0 Å². The van der Waals surface area contributed by atoms with E-state index >= 15 is 0 Å². The lowest BCUT2D eigenvalue weighted by Gasteiger charge is -2.55. The Balaban J connectivity index is 0.000000217. The fourth-order valence-corrected chi connectivity index (χ4v) is 12.6. The lowest BCUT2D eigenvalue weighted by Crippen LogP contribution is -2.71. The molecule has 0 unspecified atom stereocenters. The Labute approximate surface area is 540 Å². The molecule has 0 bridgehead atoms. The van der Waals surface area contributed by atoms with Crippen molar-refractivity contribution < 1.29 is 99.9 Å². The number of methoxy groups -OCH3 is 4. The van der Waals surface area contributed by atoms with Gasteiger partial charge in [0.15, 0.2) is 0 Å². The molecular formula is C68H84O22S2. The van der Waals surface area contributed by atoms with Crippen LogP contribution in [0.15, 0.2) is 182 Å². The van der Waals surface area contributed by atoms with Gasteiger partial charge in [0.1, 0.15) is 61.0 Å². The van der Waals surface area contributed by atoms with Crippen molar-refractivity contribution in [1.82, 2.24) is 0 Å². The molecule has 6 aromatic carbocycles. The number of benzene rings is 6. The summed E-state index contributed by atoms with van der Waals surface area (Å²) in [6, 6.07) is 57.8. The molecule has 500 valence electrons. The summed E-state index contributed by atoms with van der Waals surface area (Å²) in [4.78, 5) is 0. The van der Waals surface area contributed by atoms with Crippen molar-refractivity contribution >= 4 is 20.8 Å².